The zero-order chi connectivity index (χ0) is 15.2. The van der Waals surface area contributed by atoms with Crippen molar-refractivity contribution in [2.45, 2.75) is 31.7 Å². The molecule has 0 radical (unpaired) electrons. The topological polar surface area (TPSA) is 66.6 Å². The van der Waals surface area contributed by atoms with Crippen LogP contribution in [-0.4, -0.2) is 41.7 Å². The van der Waals surface area contributed by atoms with Gasteiger partial charge in [-0.15, -0.1) is 0 Å². The fraction of sp³-hybridized carbons (Fsp3) is 0.562. The summed E-state index contributed by atoms with van der Waals surface area (Å²) in [5.41, 5.74) is 6.53. The third kappa shape index (κ3) is 4.51. The molecule has 5 heteroatoms. The van der Waals surface area contributed by atoms with Crippen molar-refractivity contribution in [3.05, 3.63) is 35.6 Å². The second-order valence-corrected chi connectivity index (χ2v) is 5.77. The third-order valence-corrected chi connectivity index (χ3v) is 4.10. The molecule has 2 rings (SSSR count). The lowest BCUT2D eigenvalue weighted by Crippen LogP contribution is -2.42. The first-order valence-electron chi connectivity index (χ1n) is 7.47. The molecule has 1 aliphatic rings. The number of carbonyl (C=O) groups is 1. The number of rotatable bonds is 5. The van der Waals surface area contributed by atoms with E-state index in [-0.39, 0.29) is 30.8 Å². The van der Waals surface area contributed by atoms with Crippen molar-refractivity contribution in [2.75, 3.05) is 19.7 Å². The van der Waals surface area contributed by atoms with Crippen LogP contribution in [0.5, 0.6) is 0 Å². The maximum Gasteiger partial charge on any atom is 0.224 e. The SMILES string of the molecule is N[C@@H](CC(=O)N1CCC(CO)CC1)Cc1ccccc1F. The number of aliphatic hydroxyl groups excluding tert-OH is 1. The maximum atomic E-state index is 13.5. The van der Waals surface area contributed by atoms with E-state index in [9.17, 15) is 9.18 Å². The van der Waals surface area contributed by atoms with Gasteiger partial charge in [0.15, 0.2) is 0 Å². The Morgan fingerprint density at radius 3 is 2.67 bits per heavy atom. The van der Waals surface area contributed by atoms with Crippen molar-refractivity contribution >= 4 is 5.91 Å². The summed E-state index contributed by atoms with van der Waals surface area (Å²) in [6.45, 7) is 1.54. The number of benzene rings is 1. The molecule has 0 unspecified atom stereocenters. The highest BCUT2D eigenvalue weighted by molar-refractivity contribution is 5.77. The van der Waals surface area contributed by atoms with Crippen LogP contribution in [0.25, 0.3) is 0 Å². The Balaban J connectivity index is 1.81. The lowest BCUT2D eigenvalue weighted by atomic mass is 9.97. The number of hydrogen-bond donors (Lipinski definition) is 2. The van der Waals surface area contributed by atoms with Crippen molar-refractivity contribution in [3.8, 4) is 0 Å². The van der Waals surface area contributed by atoms with Crippen LogP contribution in [0.3, 0.4) is 0 Å². The van der Waals surface area contributed by atoms with Crippen LogP contribution in [0.4, 0.5) is 4.39 Å². The number of nitrogens with two attached hydrogens (primary N) is 1. The molecule has 1 fully saturated rings. The number of aliphatic hydroxyl groups is 1. The number of amides is 1. The van der Waals surface area contributed by atoms with Crippen LogP contribution in [0.15, 0.2) is 24.3 Å². The summed E-state index contributed by atoms with van der Waals surface area (Å²) in [6, 6.07) is 6.15. The molecule has 1 heterocycles. The number of nitrogens with zero attached hydrogens (tertiary/aromatic N) is 1. The van der Waals surface area contributed by atoms with Gasteiger partial charge in [-0.2, -0.15) is 0 Å². The van der Waals surface area contributed by atoms with E-state index in [1.165, 1.54) is 6.07 Å². The highest BCUT2D eigenvalue weighted by atomic mass is 19.1. The minimum absolute atomic E-state index is 0.0234. The number of hydrogen-bond acceptors (Lipinski definition) is 3. The minimum Gasteiger partial charge on any atom is -0.396 e. The molecule has 1 aromatic carbocycles. The molecule has 1 saturated heterocycles. The van der Waals surface area contributed by atoms with E-state index in [1.54, 1.807) is 23.1 Å². The van der Waals surface area contributed by atoms with E-state index in [2.05, 4.69) is 0 Å². The second kappa shape index (κ2) is 7.52. The molecule has 0 aromatic heterocycles. The first kappa shape index (κ1) is 15.9. The number of halogens is 1. The number of likely N-dealkylation sites (tertiary alicyclic amines) is 1. The molecule has 0 aliphatic carbocycles. The monoisotopic (exact) mass is 294 g/mol. The van der Waals surface area contributed by atoms with E-state index >= 15 is 0 Å². The van der Waals surface area contributed by atoms with E-state index in [4.69, 9.17) is 10.8 Å². The van der Waals surface area contributed by atoms with E-state index < -0.39 is 0 Å². The summed E-state index contributed by atoms with van der Waals surface area (Å²) < 4.78 is 13.5. The van der Waals surface area contributed by atoms with E-state index in [1.807, 2.05) is 0 Å². The van der Waals surface area contributed by atoms with Crippen LogP contribution in [0.2, 0.25) is 0 Å². The Morgan fingerprint density at radius 2 is 2.05 bits per heavy atom. The lowest BCUT2D eigenvalue weighted by molar-refractivity contribution is -0.133. The maximum absolute atomic E-state index is 13.5. The van der Waals surface area contributed by atoms with Crippen LogP contribution in [0, 0.1) is 11.7 Å². The van der Waals surface area contributed by atoms with Gasteiger partial charge in [0.1, 0.15) is 5.82 Å². The van der Waals surface area contributed by atoms with E-state index in [0.29, 0.717) is 31.0 Å². The second-order valence-electron chi connectivity index (χ2n) is 5.77. The van der Waals surface area contributed by atoms with Crippen LogP contribution in [0.1, 0.15) is 24.8 Å². The summed E-state index contributed by atoms with van der Waals surface area (Å²) in [5.74, 6) is 0.0560. The summed E-state index contributed by atoms with van der Waals surface area (Å²) in [6.07, 6.45) is 2.28. The zero-order valence-corrected chi connectivity index (χ0v) is 12.2. The van der Waals surface area contributed by atoms with E-state index in [0.717, 1.165) is 12.8 Å². The molecule has 21 heavy (non-hydrogen) atoms. The molecule has 4 nitrogen and oxygen atoms in total. The molecule has 1 amide bonds. The van der Waals surface area contributed by atoms with Gasteiger partial charge in [0.25, 0.3) is 0 Å². The van der Waals surface area contributed by atoms with Crippen molar-refractivity contribution in [3.63, 3.8) is 0 Å². The van der Waals surface area contributed by atoms with Gasteiger partial charge in [-0.3, -0.25) is 4.79 Å². The fourth-order valence-electron chi connectivity index (χ4n) is 2.74. The van der Waals surface area contributed by atoms with Crippen molar-refractivity contribution < 1.29 is 14.3 Å². The predicted molar refractivity (Wildman–Crippen MR) is 79.1 cm³/mol. The molecule has 0 saturated carbocycles. The molecule has 3 N–H and O–H groups in total. The Hall–Kier alpha value is -1.46. The Labute approximate surface area is 124 Å². The van der Waals surface area contributed by atoms with Crippen LogP contribution >= 0.6 is 0 Å². The molecular formula is C16H23FN2O2. The Morgan fingerprint density at radius 1 is 1.38 bits per heavy atom. The summed E-state index contributed by atoms with van der Waals surface area (Å²) in [4.78, 5) is 14.0. The van der Waals surface area contributed by atoms with Gasteiger partial charge in [0.05, 0.1) is 0 Å². The predicted octanol–water partition coefficient (Wildman–Crippen LogP) is 1.32. The van der Waals surface area contributed by atoms with Crippen molar-refractivity contribution in [1.29, 1.82) is 0 Å². The molecule has 1 aromatic rings. The summed E-state index contributed by atoms with van der Waals surface area (Å²) in [5, 5.41) is 9.09. The summed E-state index contributed by atoms with van der Waals surface area (Å²) in [7, 11) is 0. The smallest absolute Gasteiger partial charge is 0.224 e. The van der Waals surface area contributed by atoms with Gasteiger partial charge in [-0.05, 0) is 36.8 Å². The molecule has 116 valence electrons. The minimum atomic E-state index is -0.370. The lowest BCUT2D eigenvalue weighted by Gasteiger charge is -2.31. The highest BCUT2D eigenvalue weighted by Gasteiger charge is 2.23. The molecular weight excluding hydrogens is 271 g/mol. The normalized spacial score (nSPS) is 17.8. The third-order valence-electron chi connectivity index (χ3n) is 4.10. The Bertz CT molecular complexity index is 473. The standard InChI is InChI=1S/C16H23FN2O2/c17-15-4-2-1-3-13(15)9-14(18)10-16(21)19-7-5-12(11-20)6-8-19/h1-4,12,14,20H,5-11,18H2/t14-/m1/s1. The fourth-order valence-corrected chi connectivity index (χ4v) is 2.74. The number of piperidine rings is 1. The number of carbonyl (C=O) groups excluding carboxylic acids is 1. The van der Waals surface area contributed by atoms with Crippen molar-refractivity contribution in [1.82, 2.24) is 4.90 Å². The first-order chi connectivity index (χ1) is 10.1. The van der Waals surface area contributed by atoms with Gasteiger partial charge in [0, 0.05) is 32.2 Å². The molecule has 0 spiro atoms. The van der Waals surface area contributed by atoms with Gasteiger partial charge in [-0.1, -0.05) is 18.2 Å². The molecule has 1 atom stereocenters. The van der Waals surface area contributed by atoms with Crippen molar-refractivity contribution in [2.24, 2.45) is 11.7 Å². The van der Waals surface area contributed by atoms with Gasteiger partial charge < -0.3 is 15.7 Å². The quantitative estimate of drug-likeness (QED) is 0.860. The van der Waals surface area contributed by atoms with Gasteiger partial charge in [-0.25, -0.2) is 4.39 Å². The van der Waals surface area contributed by atoms with Gasteiger partial charge in [0.2, 0.25) is 5.91 Å². The average molecular weight is 294 g/mol. The molecule has 0 bridgehead atoms. The van der Waals surface area contributed by atoms with Crippen LogP contribution in [-0.2, 0) is 11.2 Å². The summed E-state index contributed by atoms with van der Waals surface area (Å²) >= 11 is 0. The highest BCUT2D eigenvalue weighted by Crippen LogP contribution is 2.18. The van der Waals surface area contributed by atoms with Crippen LogP contribution < -0.4 is 5.73 Å². The average Bonchev–Trinajstić information content (AvgIpc) is 2.49. The molecule has 1 aliphatic heterocycles. The van der Waals surface area contributed by atoms with Gasteiger partial charge >= 0.3 is 0 Å². The largest absolute Gasteiger partial charge is 0.396 e. The zero-order valence-electron chi connectivity index (χ0n) is 12.2. The first-order valence-corrected chi connectivity index (χ1v) is 7.47. The Kier molecular flexibility index (Phi) is 5.70.